The van der Waals surface area contributed by atoms with Crippen LogP contribution in [0.5, 0.6) is 0 Å². The quantitative estimate of drug-likeness (QED) is 0.660. The fourth-order valence-electron chi connectivity index (χ4n) is 2.14. The number of pyridine rings is 2. The van der Waals surface area contributed by atoms with E-state index < -0.39 is 0 Å². The number of rotatable bonds is 2. The molecule has 0 aliphatic heterocycles. The predicted molar refractivity (Wildman–Crippen MR) is 100.0 cm³/mol. The summed E-state index contributed by atoms with van der Waals surface area (Å²) in [7, 11) is 0. The van der Waals surface area contributed by atoms with E-state index in [1.54, 1.807) is 0 Å². The second kappa shape index (κ2) is 10.1. The Hall–Kier alpha value is -1.70. The van der Waals surface area contributed by atoms with Gasteiger partial charge in [0.2, 0.25) is 0 Å². The van der Waals surface area contributed by atoms with Crippen molar-refractivity contribution in [2.24, 2.45) is 0 Å². The van der Waals surface area contributed by atoms with E-state index in [4.69, 9.17) is 0 Å². The lowest BCUT2D eigenvalue weighted by atomic mass is 10.0. The first kappa shape index (κ1) is 19.3. The van der Waals surface area contributed by atoms with Gasteiger partial charge in [0, 0.05) is 24.8 Å². The summed E-state index contributed by atoms with van der Waals surface area (Å²) in [5.41, 5.74) is 5.27. The highest BCUT2D eigenvalue weighted by atomic mass is 14.6. The molecule has 0 saturated heterocycles. The van der Waals surface area contributed by atoms with Gasteiger partial charge in [0.1, 0.15) is 0 Å². The Bertz CT molecular complexity index is 537. The fourth-order valence-corrected chi connectivity index (χ4v) is 2.14. The van der Waals surface area contributed by atoms with Crippen molar-refractivity contribution in [2.75, 3.05) is 0 Å². The number of hydrogen-bond donors (Lipinski definition) is 0. The molecular weight excluding hydrogens is 280 g/mol. The first-order chi connectivity index (χ1) is 11.0. The van der Waals surface area contributed by atoms with Crippen LogP contribution in [0.1, 0.15) is 81.0 Å². The second-order valence-corrected chi connectivity index (χ2v) is 6.73. The van der Waals surface area contributed by atoms with Gasteiger partial charge in [-0.25, -0.2) is 0 Å². The highest BCUT2D eigenvalue weighted by Crippen LogP contribution is 2.40. The number of nitrogens with zero attached hydrogens (tertiary/aromatic N) is 2. The monoisotopic (exact) mass is 312 g/mol. The van der Waals surface area contributed by atoms with Crippen molar-refractivity contribution in [3.05, 3.63) is 59.2 Å². The van der Waals surface area contributed by atoms with Crippen LogP contribution >= 0.6 is 0 Å². The Morgan fingerprint density at radius 1 is 0.913 bits per heavy atom. The average molecular weight is 313 g/mol. The van der Waals surface area contributed by atoms with Crippen LogP contribution in [-0.2, 0) is 0 Å². The zero-order chi connectivity index (χ0) is 17.2. The molecule has 1 fully saturated rings. The van der Waals surface area contributed by atoms with Crippen LogP contribution in [0.2, 0.25) is 0 Å². The lowest BCUT2D eigenvalue weighted by Gasteiger charge is -2.05. The van der Waals surface area contributed by atoms with E-state index >= 15 is 0 Å². The molecule has 126 valence electrons. The number of hydrogen-bond acceptors (Lipinski definition) is 2. The standard InChI is InChI=1S/C11H15N.C7H9N.C3H8/c1-8(2)10-5-11(7-12-6-10)9-3-4-9;1-6-3-7(2)5-8-4-6;1-3-2/h5-9H,3-4H2,1-2H3;3-5H,1-2H3;3H2,1-2H3. The molecule has 23 heavy (non-hydrogen) atoms. The van der Waals surface area contributed by atoms with Gasteiger partial charge in [-0.15, -0.1) is 0 Å². The Balaban J connectivity index is 0.000000209. The zero-order valence-corrected chi connectivity index (χ0v) is 15.6. The van der Waals surface area contributed by atoms with Crippen LogP contribution in [0.3, 0.4) is 0 Å². The molecule has 0 aromatic carbocycles. The summed E-state index contributed by atoms with van der Waals surface area (Å²) in [5, 5.41) is 0. The molecule has 2 aromatic heterocycles. The minimum atomic E-state index is 0.608. The smallest absolute Gasteiger partial charge is 0.0302 e. The molecule has 0 bridgehead atoms. The van der Waals surface area contributed by atoms with Crippen LogP contribution in [0.15, 0.2) is 36.9 Å². The largest absolute Gasteiger partial charge is 0.264 e. The van der Waals surface area contributed by atoms with E-state index in [1.165, 1.54) is 41.5 Å². The summed E-state index contributed by atoms with van der Waals surface area (Å²) in [6, 6.07) is 4.42. The van der Waals surface area contributed by atoms with Crippen molar-refractivity contribution in [1.29, 1.82) is 0 Å². The molecule has 1 aliphatic carbocycles. The van der Waals surface area contributed by atoms with Crippen molar-refractivity contribution in [2.45, 2.75) is 72.6 Å². The van der Waals surface area contributed by atoms with Gasteiger partial charge in [-0.2, -0.15) is 0 Å². The molecule has 0 amide bonds. The lowest BCUT2D eigenvalue weighted by Crippen LogP contribution is -1.91. The minimum absolute atomic E-state index is 0.608. The van der Waals surface area contributed by atoms with Crippen molar-refractivity contribution < 1.29 is 0 Å². The van der Waals surface area contributed by atoms with Crippen molar-refractivity contribution in [3.8, 4) is 0 Å². The summed E-state index contributed by atoms with van der Waals surface area (Å²) in [6.45, 7) is 12.8. The molecule has 2 aromatic rings. The summed E-state index contributed by atoms with van der Waals surface area (Å²) in [5.74, 6) is 1.44. The van der Waals surface area contributed by atoms with Gasteiger partial charge in [0.15, 0.2) is 0 Å². The fraction of sp³-hybridized carbons (Fsp3) is 0.524. The Morgan fingerprint density at radius 3 is 1.83 bits per heavy atom. The van der Waals surface area contributed by atoms with Crippen molar-refractivity contribution in [1.82, 2.24) is 9.97 Å². The topological polar surface area (TPSA) is 25.8 Å². The maximum Gasteiger partial charge on any atom is 0.0302 e. The first-order valence-electron chi connectivity index (χ1n) is 8.80. The summed E-state index contributed by atoms with van der Waals surface area (Å²) in [4.78, 5) is 8.25. The molecule has 2 heteroatoms. The normalized spacial score (nSPS) is 12.8. The Morgan fingerprint density at radius 2 is 1.43 bits per heavy atom. The second-order valence-electron chi connectivity index (χ2n) is 6.73. The molecule has 2 heterocycles. The summed E-state index contributed by atoms with van der Waals surface area (Å²) < 4.78 is 0. The maximum atomic E-state index is 4.27. The van der Waals surface area contributed by atoms with Gasteiger partial charge in [0.05, 0.1) is 0 Å². The Labute approximate surface area is 142 Å². The maximum absolute atomic E-state index is 4.27. The van der Waals surface area contributed by atoms with E-state index in [0.29, 0.717) is 5.92 Å². The van der Waals surface area contributed by atoms with Gasteiger partial charge in [-0.3, -0.25) is 9.97 Å². The predicted octanol–water partition coefficient (Wildman–Crippen LogP) is 6.20. The van der Waals surface area contributed by atoms with Crippen LogP contribution in [0, 0.1) is 13.8 Å². The molecule has 0 N–H and O–H groups in total. The van der Waals surface area contributed by atoms with Gasteiger partial charge < -0.3 is 0 Å². The summed E-state index contributed by atoms with van der Waals surface area (Å²) in [6.07, 6.45) is 11.7. The lowest BCUT2D eigenvalue weighted by molar-refractivity contribution is 0.851. The van der Waals surface area contributed by atoms with E-state index in [1.807, 2.05) is 38.6 Å². The third kappa shape index (κ3) is 7.92. The zero-order valence-electron chi connectivity index (χ0n) is 15.6. The molecular formula is C21H32N2. The van der Waals surface area contributed by atoms with Crippen LogP contribution in [0.25, 0.3) is 0 Å². The van der Waals surface area contributed by atoms with Crippen molar-refractivity contribution in [3.63, 3.8) is 0 Å². The number of aryl methyl sites for hydroxylation is 2. The molecule has 3 rings (SSSR count). The van der Waals surface area contributed by atoms with Gasteiger partial charge >= 0.3 is 0 Å². The molecule has 2 nitrogen and oxygen atoms in total. The van der Waals surface area contributed by atoms with E-state index in [0.717, 1.165) is 5.92 Å². The minimum Gasteiger partial charge on any atom is -0.264 e. The van der Waals surface area contributed by atoms with E-state index in [2.05, 4.69) is 49.8 Å². The van der Waals surface area contributed by atoms with Crippen molar-refractivity contribution >= 4 is 0 Å². The molecule has 1 saturated carbocycles. The van der Waals surface area contributed by atoms with Crippen LogP contribution in [-0.4, -0.2) is 9.97 Å². The van der Waals surface area contributed by atoms with Crippen LogP contribution < -0.4 is 0 Å². The average Bonchev–Trinajstić information content (AvgIpc) is 3.33. The van der Waals surface area contributed by atoms with E-state index in [-0.39, 0.29) is 0 Å². The molecule has 0 spiro atoms. The van der Waals surface area contributed by atoms with Gasteiger partial charge in [0.25, 0.3) is 0 Å². The third-order valence-electron chi connectivity index (χ3n) is 3.51. The van der Waals surface area contributed by atoms with E-state index in [9.17, 15) is 0 Å². The van der Waals surface area contributed by atoms with Gasteiger partial charge in [-0.05, 0) is 60.8 Å². The van der Waals surface area contributed by atoms with Crippen LogP contribution in [0.4, 0.5) is 0 Å². The molecule has 0 atom stereocenters. The third-order valence-corrected chi connectivity index (χ3v) is 3.51. The summed E-state index contributed by atoms with van der Waals surface area (Å²) >= 11 is 0. The van der Waals surface area contributed by atoms with Gasteiger partial charge in [-0.1, -0.05) is 46.2 Å². The highest BCUT2D eigenvalue weighted by Gasteiger charge is 2.23. The number of aromatic nitrogens is 2. The molecule has 0 unspecified atom stereocenters. The first-order valence-corrected chi connectivity index (χ1v) is 8.80. The highest BCUT2D eigenvalue weighted by molar-refractivity contribution is 5.26. The SMILES string of the molecule is CC(C)c1cncc(C2CC2)c1.CCC.Cc1cncc(C)c1. The molecule has 1 aliphatic rings. The Kier molecular flexibility index (Phi) is 8.53. The molecule has 0 radical (unpaired) electrons.